The molecule has 5 rings (SSSR count). The Morgan fingerprint density at radius 2 is 2.09 bits per heavy atom. The van der Waals surface area contributed by atoms with E-state index in [0.717, 1.165) is 0 Å². The normalized spacial score (nSPS) is 11.4. The number of imidazole rings is 1. The number of methoxy groups -OCH3 is 1. The zero-order valence-corrected chi connectivity index (χ0v) is 17.8. The van der Waals surface area contributed by atoms with Crippen molar-refractivity contribution in [3.8, 4) is 29.2 Å². The Morgan fingerprint density at radius 3 is 2.81 bits per heavy atom. The first-order valence-corrected chi connectivity index (χ1v) is 9.93. The first kappa shape index (κ1) is 20.0. The predicted molar refractivity (Wildman–Crippen MR) is 114 cm³/mol. The van der Waals surface area contributed by atoms with Crippen molar-refractivity contribution in [2.75, 3.05) is 13.7 Å². The first-order valence-electron chi connectivity index (χ1n) is 9.55. The molecule has 5 aromatic rings. The van der Waals surface area contributed by atoms with Crippen molar-refractivity contribution in [1.29, 1.82) is 5.26 Å². The van der Waals surface area contributed by atoms with Gasteiger partial charge in [0.2, 0.25) is 5.82 Å². The molecule has 0 N–H and O–H groups in total. The molecule has 0 radical (unpaired) electrons. The van der Waals surface area contributed by atoms with Crippen LogP contribution < -0.4 is 5.56 Å². The largest absolute Gasteiger partial charge is 0.458 e. The van der Waals surface area contributed by atoms with Gasteiger partial charge in [-0.15, -0.1) is 0 Å². The van der Waals surface area contributed by atoms with Crippen LogP contribution in [0.2, 0.25) is 5.02 Å². The van der Waals surface area contributed by atoms with Crippen LogP contribution in [0.25, 0.3) is 39.7 Å². The molecule has 0 unspecified atom stereocenters. The maximum absolute atomic E-state index is 13.5. The van der Waals surface area contributed by atoms with Gasteiger partial charge in [-0.25, -0.2) is 4.98 Å². The summed E-state index contributed by atoms with van der Waals surface area (Å²) in [6, 6.07) is 8.94. The number of nitrogens with zero attached hydrogens (tertiary/aromatic N) is 6. The summed E-state index contributed by atoms with van der Waals surface area (Å²) in [7, 11) is 1.53. The number of hydrogen-bond donors (Lipinski definition) is 0. The highest BCUT2D eigenvalue weighted by Crippen LogP contribution is 2.29. The van der Waals surface area contributed by atoms with Gasteiger partial charge in [-0.2, -0.15) is 10.2 Å². The second-order valence-electron chi connectivity index (χ2n) is 7.00. The Labute approximate surface area is 185 Å². The van der Waals surface area contributed by atoms with Crippen LogP contribution in [0.4, 0.5) is 0 Å². The van der Waals surface area contributed by atoms with E-state index in [9.17, 15) is 10.1 Å². The second kappa shape index (κ2) is 7.64. The fraction of sp³-hybridized carbons (Fsp3) is 0.190. The molecule has 11 heteroatoms. The molecule has 0 aliphatic rings. The number of furan rings is 1. The van der Waals surface area contributed by atoms with E-state index in [4.69, 9.17) is 25.3 Å². The number of nitriles is 1. The van der Waals surface area contributed by atoms with Gasteiger partial charge in [0.1, 0.15) is 23.7 Å². The molecular formula is C21H15ClN6O4. The van der Waals surface area contributed by atoms with E-state index in [1.807, 2.05) is 6.92 Å². The van der Waals surface area contributed by atoms with E-state index in [0.29, 0.717) is 22.6 Å². The smallest absolute Gasteiger partial charge is 0.279 e. The Hall–Kier alpha value is -3.94. The van der Waals surface area contributed by atoms with Crippen molar-refractivity contribution in [2.24, 2.45) is 0 Å². The van der Waals surface area contributed by atoms with E-state index in [2.05, 4.69) is 21.2 Å². The molecule has 0 saturated carbocycles. The zero-order valence-electron chi connectivity index (χ0n) is 17.0. The van der Waals surface area contributed by atoms with E-state index < -0.39 is 5.56 Å². The highest BCUT2D eigenvalue weighted by Gasteiger charge is 2.23. The van der Waals surface area contributed by atoms with Crippen LogP contribution in [0, 0.1) is 18.3 Å². The van der Waals surface area contributed by atoms with Crippen molar-refractivity contribution in [2.45, 2.75) is 13.5 Å². The van der Waals surface area contributed by atoms with Crippen LogP contribution in [0.1, 0.15) is 11.3 Å². The third-order valence-electron chi connectivity index (χ3n) is 5.07. The Bertz CT molecular complexity index is 1590. The van der Waals surface area contributed by atoms with Gasteiger partial charge in [0.25, 0.3) is 11.4 Å². The molecule has 0 amide bonds. The summed E-state index contributed by atoms with van der Waals surface area (Å²) in [5.74, 6) is 1.46. The number of rotatable bonds is 5. The standard InChI is InChI=1S/C21H15ClN6O4/c1-11-3-6-15(31-11)19-25-20(32-26-19)16-18-21(29)27(7-8-30-2)17-12(9-23)13(22)4-5-14(17)28(18)10-24-16/h3-6,10H,7-8H2,1-2H3. The van der Waals surface area contributed by atoms with Crippen LogP contribution in [0.3, 0.4) is 0 Å². The van der Waals surface area contributed by atoms with Crippen molar-refractivity contribution < 1.29 is 13.7 Å². The molecule has 32 heavy (non-hydrogen) atoms. The third kappa shape index (κ3) is 2.98. The van der Waals surface area contributed by atoms with Gasteiger partial charge in [-0.1, -0.05) is 16.8 Å². The lowest BCUT2D eigenvalue weighted by Crippen LogP contribution is -2.25. The number of halogens is 1. The Morgan fingerprint density at radius 1 is 1.25 bits per heavy atom. The van der Waals surface area contributed by atoms with E-state index in [1.54, 1.807) is 28.7 Å². The topological polar surface area (TPSA) is 124 Å². The molecule has 0 saturated heterocycles. The summed E-state index contributed by atoms with van der Waals surface area (Å²) >= 11 is 6.24. The summed E-state index contributed by atoms with van der Waals surface area (Å²) < 4.78 is 19.1. The molecule has 4 heterocycles. The summed E-state index contributed by atoms with van der Waals surface area (Å²) in [4.78, 5) is 22.3. The van der Waals surface area contributed by atoms with Gasteiger partial charge >= 0.3 is 0 Å². The second-order valence-corrected chi connectivity index (χ2v) is 7.40. The van der Waals surface area contributed by atoms with Gasteiger partial charge in [0, 0.05) is 13.7 Å². The molecule has 0 aliphatic heterocycles. The van der Waals surface area contributed by atoms with Gasteiger partial charge < -0.3 is 18.2 Å². The lowest BCUT2D eigenvalue weighted by atomic mass is 10.1. The average molecular weight is 451 g/mol. The summed E-state index contributed by atoms with van der Waals surface area (Å²) in [5.41, 5.74) is 1.23. The van der Waals surface area contributed by atoms with E-state index in [-0.39, 0.29) is 46.7 Å². The monoisotopic (exact) mass is 450 g/mol. The van der Waals surface area contributed by atoms with E-state index >= 15 is 0 Å². The van der Waals surface area contributed by atoms with Crippen LogP contribution in [0.15, 0.2) is 44.3 Å². The fourth-order valence-electron chi connectivity index (χ4n) is 3.62. The van der Waals surface area contributed by atoms with Crippen LogP contribution in [-0.4, -0.2) is 37.8 Å². The highest BCUT2D eigenvalue weighted by atomic mass is 35.5. The molecular weight excluding hydrogens is 436 g/mol. The molecule has 0 bridgehead atoms. The van der Waals surface area contributed by atoms with Crippen LogP contribution in [-0.2, 0) is 11.3 Å². The predicted octanol–water partition coefficient (Wildman–Crippen LogP) is 3.44. The Balaban J connectivity index is 1.79. The minimum Gasteiger partial charge on any atom is -0.458 e. The first-order chi connectivity index (χ1) is 15.5. The molecule has 0 atom stereocenters. The highest BCUT2D eigenvalue weighted by molar-refractivity contribution is 6.32. The number of fused-ring (bicyclic) bond motifs is 3. The molecule has 0 fully saturated rings. The maximum atomic E-state index is 13.5. The van der Waals surface area contributed by atoms with Gasteiger partial charge in [0.05, 0.1) is 28.2 Å². The van der Waals surface area contributed by atoms with Crippen LogP contribution >= 0.6 is 11.6 Å². The van der Waals surface area contributed by atoms with Crippen molar-refractivity contribution in [1.82, 2.24) is 24.1 Å². The van der Waals surface area contributed by atoms with Crippen molar-refractivity contribution in [3.05, 3.63) is 57.3 Å². The quantitative estimate of drug-likeness (QED) is 0.398. The number of ether oxygens (including phenoxy) is 1. The summed E-state index contributed by atoms with van der Waals surface area (Å²) in [6.07, 6.45) is 1.48. The number of aryl methyl sites for hydroxylation is 1. The summed E-state index contributed by atoms with van der Waals surface area (Å²) in [5, 5.41) is 13.9. The van der Waals surface area contributed by atoms with E-state index in [1.165, 1.54) is 18.0 Å². The molecule has 1 aromatic carbocycles. The van der Waals surface area contributed by atoms with Crippen LogP contribution in [0.5, 0.6) is 0 Å². The lowest BCUT2D eigenvalue weighted by molar-refractivity contribution is 0.187. The lowest BCUT2D eigenvalue weighted by Gasteiger charge is -2.14. The zero-order chi connectivity index (χ0) is 22.4. The minimum absolute atomic E-state index is 0.0702. The summed E-state index contributed by atoms with van der Waals surface area (Å²) in [6.45, 7) is 2.28. The average Bonchev–Trinajstić information content (AvgIpc) is 3.52. The molecule has 0 aliphatic carbocycles. The number of aromatic nitrogens is 5. The maximum Gasteiger partial charge on any atom is 0.279 e. The molecule has 160 valence electrons. The Kier molecular flexibility index (Phi) is 4.77. The number of benzene rings is 1. The minimum atomic E-state index is -0.394. The van der Waals surface area contributed by atoms with Gasteiger partial charge in [-0.3, -0.25) is 9.20 Å². The van der Waals surface area contributed by atoms with Gasteiger partial charge in [0.15, 0.2) is 11.5 Å². The number of hydrogen-bond acceptors (Lipinski definition) is 8. The fourth-order valence-corrected chi connectivity index (χ4v) is 3.82. The molecule has 4 aromatic heterocycles. The third-order valence-corrected chi connectivity index (χ3v) is 5.39. The molecule has 10 nitrogen and oxygen atoms in total. The SMILES string of the molecule is COCCn1c(=O)c2c(-c3nc(-c4ccc(C)o4)no3)ncn2c2ccc(Cl)c(C#N)c21. The van der Waals surface area contributed by atoms with Crippen molar-refractivity contribution in [3.63, 3.8) is 0 Å². The molecule has 0 spiro atoms. The van der Waals surface area contributed by atoms with Crippen molar-refractivity contribution >= 4 is 28.2 Å². The van der Waals surface area contributed by atoms with Gasteiger partial charge in [-0.05, 0) is 31.2 Å².